The Labute approximate surface area is 124 Å². The monoisotopic (exact) mass is 283 g/mol. The molecule has 0 radical (unpaired) electrons. The van der Waals surface area contributed by atoms with E-state index in [-0.39, 0.29) is 11.4 Å². The highest BCUT2D eigenvalue weighted by atomic mass is 16.2. The van der Waals surface area contributed by atoms with Gasteiger partial charge >= 0.3 is 0 Å². The third-order valence-electron chi connectivity index (χ3n) is 4.65. The third-order valence-corrected chi connectivity index (χ3v) is 4.65. The van der Waals surface area contributed by atoms with Crippen molar-refractivity contribution in [1.29, 1.82) is 0 Å². The highest BCUT2D eigenvalue weighted by Gasteiger charge is 2.34. The largest absolute Gasteiger partial charge is 0.355 e. The van der Waals surface area contributed by atoms with E-state index >= 15 is 0 Å². The fraction of sp³-hybridized carbons (Fsp3) is 0.938. The lowest BCUT2D eigenvalue weighted by Crippen LogP contribution is -2.54. The Balaban J connectivity index is 2.45. The molecule has 0 unspecified atom stereocenters. The first kappa shape index (κ1) is 17.4. The Kier molecular flexibility index (Phi) is 7.52. The van der Waals surface area contributed by atoms with Crippen molar-refractivity contribution in [2.24, 2.45) is 11.7 Å². The van der Waals surface area contributed by atoms with Gasteiger partial charge in [-0.3, -0.25) is 9.69 Å². The first-order valence-electron chi connectivity index (χ1n) is 8.18. The number of carbonyl (C=O) groups is 1. The quantitative estimate of drug-likeness (QED) is 0.704. The number of nitrogens with zero attached hydrogens (tertiary/aromatic N) is 1. The van der Waals surface area contributed by atoms with Gasteiger partial charge in [0.05, 0.1) is 6.54 Å². The van der Waals surface area contributed by atoms with Gasteiger partial charge in [-0.05, 0) is 32.2 Å². The second kappa shape index (κ2) is 8.63. The van der Waals surface area contributed by atoms with Crippen molar-refractivity contribution in [2.75, 3.05) is 26.7 Å². The molecular formula is C16H33N3O. The lowest BCUT2D eigenvalue weighted by Gasteiger charge is -2.40. The summed E-state index contributed by atoms with van der Waals surface area (Å²) in [7, 11) is 2.06. The molecule has 0 aromatic carbocycles. The maximum Gasteiger partial charge on any atom is 0.234 e. The molecule has 4 heteroatoms. The molecule has 1 rings (SSSR count). The SMILES string of the molecule is CC(C)CCNC(=O)CN(C)C1(CN)CCCCCC1. The molecule has 0 aromatic rings. The summed E-state index contributed by atoms with van der Waals surface area (Å²) in [6, 6.07) is 0. The predicted octanol–water partition coefficient (Wildman–Crippen LogP) is 2.13. The Morgan fingerprint density at radius 1 is 1.25 bits per heavy atom. The molecule has 1 saturated carbocycles. The van der Waals surface area contributed by atoms with Crippen molar-refractivity contribution < 1.29 is 4.79 Å². The number of carbonyl (C=O) groups excluding carboxylic acids is 1. The van der Waals surface area contributed by atoms with Gasteiger partial charge in [0.1, 0.15) is 0 Å². The third kappa shape index (κ3) is 5.41. The zero-order chi connectivity index (χ0) is 15.0. The molecule has 0 saturated heterocycles. The molecular weight excluding hydrogens is 250 g/mol. The summed E-state index contributed by atoms with van der Waals surface area (Å²) in [6.45, 7) is 6.25. The molecule has 1 amide bonds. The van der Waals surface area contributed by atoms with Crippen molar-refractivity contribution in [1.82, 2.24) is 10.2 Å². The summed E-state index contributed by atoms with van der Waals surface area (Å²) in [5, 5.41) is 3.02. The number of amides is 1. The molecule has 20 heavy (non-hydrogen) atoms. The van der Waals surface area contributed by atoms with E-state index in [1.54, 1.807) is 0 Å². The molecule has 0 atom stereocenters. The summed E-state index contributed by atoms with van der Waals surface area (Å²) in [5.74, 6) is 0.760. The van der Waals surface area contributed by atoms with E-state index in [0.717, 1.165) is 25.8 Å². The minimum absolute atomic E-state index is 0.0336. The molecule has 118 valence electrons. The van der Waals surface area contributed by atoms with Crippen molar-refractivity contribution in [3.05, 3.63) is 0 Å². The number of likely N-dealkylation sites (N-methyl/N-ethyl adjacent to an activating group) is 1. The molecule has 0 spiro atoms. The normalized spacial score (nSPS) is 19.1. The molecule has 0 heterocycles. The molecule has 4 nitrogen and oxygen atoms in total. The van der Waals surface area contributed by atoms with E-state index in [0.29, 0.717) is 19.0 Å². The van der Waals surface area contributed by atoms with Crippen molar-refractivity contribution in [3.63, 3.8) is 0 Å². The number of hydrogen-bond donors (Lipinski definition) is 2. The predicted molar refractivity (Wildman–Crippen MR) is 84.6 cm³/mol. The van der Waals surface area contributed by atoms with Crippen LogP contribution in [0.5, 0.6) is 0 Å². The molecule has 0 aromatic heterocycles. The lowest BCUT2D eigenvalue weighted by molar-refractivity contribution is -0.123. The van der Waals surface area contributed by atoms with Crippen LogP contribution in [-0.2, 0) is 4.79 Å². The van der Waals surface area contributed by atoms with E-state index in [1.807, 2.05) is 0 Å². The summed E-state index contributed by atoms with van der Waals surface area (Å²) >= 11 is 0. The van der Waals surface area contributed by atoms with E-state index < -0.39 is 0 Å². The second-order valence-electron chi connectivity index (χ2n) is 6.73. The fourth-order valence-corrected chi connectivity index (χ4v) is 3.07. The van der Waals surface area contributed by atoms with E-state index in [1.165, 1.54) is 25.7 Å². The van der Waals surface area contributed by atoms with Gasteiger partial charge in [-0.1, -0.05) is 39.5 Å². The number of nitrogens with two attached hydrogens (primary N) is 1. The molecule has 3 N–H and O–H groups in total. The topological polar surface area (TPSA) is 58.4 Å². The first-order chi connectivity index (χ1) is 9.50. The van der Waals surface area contributed by atoms with Crippen LogP contribution in [0.1, 0.15) is 58.8 Å². The summed E-state index contributed by atoms with van der Waals surface area (Å²) in [4.78, 5) is 14.2. The summed E-state index contributed by atoms with van der Waals surface area (Å²) < 4.78 is 0. The van der Waals surface area contributed by atoms with Crippen molar-refractivity contribution in [2.45, 2.75) is 64.3 Å². The van der Waals surface area contributed by atoms with E-state index in [9.17, 15) is 4.79 Å². The smallest absolute Gasteiger partial charge is 0.234 e. The van der Waals surface area contributed by atoms with Crippen LogP contribution in [0.4, 0.5) is 0 Å². The van der Waals surface area contributed by atoms with Gasteiger partial charge in [0.15, 0.2) is 0 Å². The summed E-state index contributed by atoms with van der Waals surface area (Å²) in [5.41, 5.74) is 6.08. The Morgan fingerprint density at radius 2 is 1.85 bits per heavy atom. The van der Waals surface area contributed by atoms with Gasteiger partial charge in [-0.25, -0.2) is 0 Å². The first-order valence-corrected chi connectivity index (χ1v) is 8.18. The Bertz CT molecular complexity index is 283. The fourth-order valence-electron chi connectivity index (χ4n) is 3.07. The number of nitrogens with one attached hydrogen (secondary N) is 1. The van der Waals surface area contributed by atoms with Crippen LogP contribution in [0.2, 0.25) is 0 Å². The molecule has 0 bridgehead atoms. The average Bonchev–Trinajstić information content (AvgIpc) is 2.64. The van der Waals surface area contributed by atoms with Crippen LogP contribution in [0.25, 0.3) is 0 Å². The Hall–Kier alpha value is -0.610. The Morgan fingerprint density at radius 3 is 2.35 bits per heavy atom. The van der Waals surface area contributed by atoms with Crippen LogP contribution in [0.3, 0.4) is 0 Å². The van der Waals surface area contributed by atoms with Gasteiger partial charge in [0.2, 0.25) is 5.91 Å². The minimum Gasteiger partial charge on any atom is -0.355 e. The van der Waals surface area contributed by atoms with Gasteiger partial charge in [-0.15, -0.1) is 0 Å². The molecule has 1 aliphatic rings. The molecule has 1 aliphatic carbocycles. The highest BCUT2D eigenvalue weighted by molar-refractivity contribution is 5.78. The van der Waals surface area contributed by atoms with Crippen molar-refractivity contribution >= 4 is 5.91 Å². The lowest BCUT2D eigenvalue weighted by atomic mass is 9.88. The van der Waals surface area contributed by atoms with Gasteiger partial charge in [0.25, 0.3) is 0 Å². The zero-order valence-corrected chi connectivity index (χ0v) is 13.6. The van der Waals surface area contributed by atoms with Crippen LogP contribution < -0.4 is 11.1 Å². The summed E-state index contributed by atoms with van der Waals surface area (Å²) in [6.07, 6.45) is 8.36. The van der Waals surface area contributed by atoms with Crippen LogP contribution in [0.15, 0.2) is 0 Å². The minimum atomic E-state index is 0.0336. The number of hydrogen-bond acceptors (Lipinski definition) is 3. The zero-order valence-electron chi connectivity index (χ0n) is 13.6. The standard InChI is InChI=1S/C16H33N3O/c1-14(2)8-11-18-15(20)12-19(3)16(13-17)9-6-4-5-7-10-16/h14H,4-13,17H2,1-3H3,(H,18,20). The second-order valence-corrected chi connectivity index (χ2v) is 6.73. The maximum atomic E-state index is 12.0. The molecule has 1 fully saturated rings. The average molecular weight is 283 g/mol. The number of rotatable bonds is 7. The van der Waals surface area contributed by atoms with Crippen LogP contribution >= 0.6 is 0 Å². The van der Waals surface area contributed by atoms with Crippen LogP contribution in [0, 0.1) is 5.92 Å². The van der Waals surface area contributed by atoms with Crippen molar-refractivity contribution in [3.8, 4) is 0 Å². The van der Waals surface area contributed by atoms with E-state index in [4.69, 9.17) is 5.73 Å². The van der Waals surface area contributed by atoms with Gasteiger partial charge in [0, 0.05) is 18.6 Å². The highest BCUT2D eigenvalue weighted by Crippen LogP contribution is 2.30. The van der Waals surface area contributed by atoms with Gasteiger partial charge in [-0.2, -0.15) is 0 Å². The van der Waals surface area contributed by atoms with Crippen LogP contribution in [-0.4, -0.2) is 43.0 Å². The molecule has 0 aliphatic heterocycles. The van der Waals surface area contributed by atoms with Gasteiger partial charge < -0.3 is 11.1 Å². The maximum absolute atomic E-state index is 12.0. The van der Waals surface area contributed by atoms with E-state index in [2.05, 4.69) is 31.1 Å².